The van der Waals surface area contributed by atoms with Crippen LogP contribution in [0.1, 0.15) is 24.2 Å². The molecule has 0 unspecified atom stereocenters. The molecule has 0 bridgehead atoms. The molecule has 2 rings (SSSR count). The van der Waals surface area contributed by atoms with Gasteiger partial charge in [-0.1, -0.05) is 11.6 Å². The summed E-state index contributed by atoms with van der Waals surface area (Å²) in [5.74, 6) is 0.0689. The van der Waals surface area contributed by atoms with Gasteiger partial charge in [-0.25, -0.2) is 13.1 Å². The van der Waals surface area contributed by atoms with Gasteiger partial charge in [0.2, 0.25) is 10.0 Å². The van der Waals surface area contributed by atoms with Gasteiger partial charge in [-0.2, -0.15) is 0 Å². The lowest BCUT2D eigenvalue weighted by molar-refractivity contribution is 0.102. The minimum atomic E-state index is -3.60. The van der Waals surface area contributed by atoms with Crippen LogP contribution in [-0.4, -0.2) is 27.5 Å². The Morgan fingerprint density at radius 3 is 2.32 bits per heavy atom. The second-order valence-corrected chi connectivity index (χ2v) is 7.75. The number of methoxy groups -OCH3 is 1. The Hall–Kier alpha value is -2.09. The number of sulfonamides is 1. The van der Waals surface area contributed by atoms with Gasteiger partial charge in [-0.3, -0.25) is 4.79 Å². The number of ether oxygens (including phenoxy) is 1. The number of hydrogen-bond donors (Lipinski definition) is 2. The summed E-state index contributed by atoms with van der Waals surface area (Å²) in [7, 11) is -2.11. The van der Waals surface area contributed by atoms with Crippen LogP contribution in [0, 0.1) is 0 Å². The van der Waals surface area contributed by atoms with E-state index >= 15 is 0 Å². The Kier molecular flexibility index (Phi) is 6.05. The van der Waals surface area contributed by atoms with Crippen LogP contribution in [0.25, 0.3) is 0 Å². The van der Waals surface area contributed by atoms with Gasteiger partial charge in [-0.15, -0.1) is 0 Å². The molecule has 0 atom stereocenters. The van der Waals surface area contributed by atoms with E-state index in [1.54, 1.807) is 32.0 Å². The smallest absolute Gasteiger partial charge is 0.255 e. The summed E-state index contributed by atoms with van der Waals surface area (Å²) in [6.07, 6.45) is 0. The fourth-order valence-corrected chi connectivity index (χ4v) is 3.56. The van der Waals surface area contributed by atoms with E-state index < -0.39 is 15.9 Å². The van der Waals surface area contributed by atoms with Gasteiger partial charge < -0.3 is 10.1 Å². The van der Waals surface area contributed by atoms with Crippen molar-refractivity contribution in [3.05, 3.63) is 53.1 Å². The number of amides is 1. The summed E-state index contributed by atoms with van der Waals surface area (Å²) in [6.45, 7) is 3.47. The predicted octanol–water partition coefficient (Wildman–Crippen LogP) is 3.29. The first-order chi connectivity index (χ1) is 11.7. The Morgan fingerprint density at radius 1 is 1.12 bits per heavy atom. The van der Waals surface area contributed by atoms with Crippen LogP contribution in [0.4, 0.5) is 5.69 Å². The number of carbonyl (C=O) groups is 1. The van der Waals surface area contributed by atoms with E-state index in [-0.39, 0.29) is 10.9 Å². The topological polar surface area (TPSA) is 84.5 Å². The van der Waals surface area contributed by atoms with Crippen LogP contribution in [0.15, 0.2) is 47.4 Å². The second kappa shape index (κ2) is 7.86. The number of carbonyl (C=O) groups excluding carboxylic acids is 1. The van der Waals surface area contributed by atoms with Crippen LogP contribution in [-0.2, 0) is 10.0 Å². The zero-order valence-electron chi connectivity index (χ0n) is 14.0. The van der Waals surface area contributed by atoms with Crippen molar-refractivity contribution in [2.24, 2.45) is 0 Å². The molecule has 0 saturated heterocycles. The number of anilines is 1. The first-order valence-corrected chi connectivity index (χ1v) is 9.36. The van der Waals surface area contributed by atoms with Crippen molar-refractivity contribution in [2.45, 2.75) is 24.8 Å². The molecule has 0 aliphatic rings. The third-order valence-electron chi connectivity index (χ3n) is 3.23. The number of nitrogens with one attached hydrogen (secondary N) is 2. The Labute approximate surface area is 152 Å². The molecule has 0 saturated carbocycles. The van der Waals surface area contributed by atoms with Crippen molar-refractivity contribution in [3.63, 3.8) is 0 Å². The second-order valence-electron chi connectivity index (χ2n) is 5.60. The van der Waals surface area contributed by atoms with Crippen LogP contribution in [0.2, 0.25) is 5.02 Å². The SMILES string of the molecule is COc1ccc(Cl)cc1NC(=O)c1ccc(S(=O)(=O)NC(C)C)cc1. The molecule has 1 amide bonds. The minimum Gasteiger partial charge on any atom is -0.495 e. The molecule has 0 radical (unpaired) electrons. The highest BCUT2D eigenvalue weighted by Crippen LogP contribution is 2.28. The average molecular weight is 383 g/mol. The number of halogens is 1. The van der Waals surface area contributed by atoms with Gasteiger partial charge >= 0.3 is 0 Å². The fourth-order valence-electron chi connectivity index (χ4n) is 2.14. The van der Waals surface area contributed by atoms with E-state index in [1.165, 1.54) is 31.4 Å². The molecule has 0 aromatic heterocycles. The first kappa shape index (κ1) is 19.2. The molecule has 2 aromatic carbocycles. The molecule has 2 N–H and O–H groups in total. The maximum absolute atomic E-state index is 12.4. The summed E-state index contributed by atoms with van der Waals surface area (Å²) in [5, 5.41) is 3.15. The van der Waals surface area contributed by atoms with E-state index in [2.05, 4.69) is 10.0 Å². The molecule has 0 aliphatic heterocycles. The monoisotopic (exact) mass is 382 g/mol. The van der Waals surface area contributed by atoms with E-state index in [1.807, 2.05) is 0 Å². The van der Waals surface area contributed by atoms with Gasteiger partial charge in [0.15, 0.2) is 0 Å². The quantitative estimate of drug-likeness (QED) is 0.802. The normalized spacial score (nSPS) is 11.4. The summed E-state index contributed by atoms with van der Waals surface area (Å²) < 4.78 is 31.8. The number of hydrogen-bond acceptors (Lipinski definition) is 4. The highest BCUT2D eigenvalue weighted by atomic mass is 35.5. The predicted molar refractivity (Wildman–Crippen MR) is 97.9 cm³/mol. The highest BCUT2D eigenvalue weighted by molar-refractivity contribution is 7.89. The molecule has 0 fully saturated rings. The molecule has 0 spiro atoms. The van der Waals surface area contributed by atoms with Gasteiger partial charge in [0.1, 0.15) is 5.75 Å². The average Bonchev–Trinajstić information content (AvgIpc) is 2.54. The Bertz CT molecular complexity index is 865. The maximum Gasteiger partial charge on any atom is 0.255 e. The van der Waals surface area contributed by atoms with E-state index in [4.69, 9.17) is 16.3 Å². The van der Waals surface area contributed by atoms with E-state index in [0.29, 0.717) is 22.0 Å². The molecule has 0 aliphatic carbocycles. The van der Waals surface area contributed by atoms with Gasteiger partial charge in [-0.05, 0) is 56.3 Å². The zero-order valence-corrected chi connectivity index (χ0v) is 15.6. The largest absolute Gasteiger partial charge is 0.495 e. The first-order valence-electron chi connectivity index (χ1n) is 7.50. The standard InChI is InChI=1S/C17H19ClN2O4S/c1-11(2)20-25(22,23)14-7-4-12(5-8-14)17(21)19-15-10-13(18)6-9-16(15)24-3/h4-11,20H,1-3H3,(H,19,21). The number of rotatable bonds is 6. The Balaban J connectivity index is 2.20. The molecule has 0 heterocycles. The van der Waals surface area contributed by atoms with E-state index in [9.17, 15) is 13.2 Å². The lowest BCUT2D eigenvalue weighted by atomic mass is 10.2. The molecular weight excluding hydrogens is 364 g/mol. The summed E-state index contributed by atoms with van der Waals surface area (Å²) >= 11 is 5.94. The maximum atomic E-state index is 12.4. The molecular formula is C17H19ClN2O4S. The van der Waals surface area contributed by atoms with Crippen molar-refractivity contribution in [1.29, 1.82) is 0 Å². The Morgan fingerprint density at radius 2 is 1.76 bits per heavy atom. The van der Waals surface area contributed by atoms with Crippen LogP contribution < -0.4 is 14.8 Å². The lowest BCUT2D eigenvalue weighted by Gasteiger charge is -2.12. The lowest BCUT2D eigenvalue weighted by Crippen LogP contribution is -2.30. The van der Waals surface area contributed by atoms with Gasteiger partial charge in [0.05, 0.1) is 17.7 Å². The highest BCUT2D eigenvalue weighted by Gasteiger charge is 2.16. The minimum absolute atomic E-state index is 0.0955. The van der Waals surface area contributed by atoms with Crippen molar-refractivity contribution >= 4 is 33.2 Å². The third-order valence-corrected chi connectivity index (χ3v) is 5.14. The van der Waals surface area contributed by atoms with Gasteiger partial charge in [0, 0.05) is 16.6 Å². The van der Waals surface area contributed by atoms with Crippen LogP contribution in [0.3, 0.4) is 0 Å². The van der Waals surface area contributed by atoms with E-state index in [0.717, 1.165) is 0 Å². The van der Waals surface area contributed by atoms with Gasteiger partial charge in [0.25, 0.3) is 5.91 Å². The van der Waals surface area contributed by atoms with Crippen molar-refractivity contribution in [3.8, 4) is 5.75 Å². The molecule has 2 aromatic rings. The molecule has 6 nitrogen and oxygen atoms in total. The fraction of sp³-hybridized carbons (Fsp3) is 0.235. The summed E-state index contributed by atoms with van der Waals surface area (Å²) in [4.78, 5) is 12.5. The molecule has 8 heteroatoms. The summed E-state index contributed by atoms with van der Waals surface area (Å²) in [6, 6.07) is 10.3. The van der Waals surface area contributed by atoms with Crippen molar-refractivity contribution in [1.82, 2.24) is 4.72 Å². The van der Waals surface area contributed by atoms with Crippen molar-refractivity contribution < 1.29 is 17.9 Å². The number of benzene rings is 2. The summed E-state index contributed by atoms with van der Waals surface area (Å²) in [5.41, 5.74) is 0.740. The third kappa shape index (κ3) is 4.94. The molecule has 134 valence electrons. The molecule has 25 heavy (non-hydrogen) atoms. The zero-order chi connectivity index (χ0) is 18.6. The van der Waals surface area contributed by atoms with Crippen molar-refractivity contribution in [2.75, 3.05) is 12.4 Å². The van der Waals surface area contributed by atoms with Crippen LogP contribution in [0.5, 0.6) is 5.75 Å². The van der Waals surface area contributed by atoms with Crippen LogP contribution >= 0.6 is 11.6 Å².